The van der Waals surface area contributed by atoms with Crippen LogP contribution in [0.4, 0.5) is 0 Å². The Hall–Kier alpha value is -2.58. The minimum atomic E-state index is -0.318. The lowest BCUT2D eigenvalue weighted by atomic mass is 10.1. The summed E-state index contributed by atoms with van der Waals surface area (Å²) in [5.41, 5.74) is 0.671. The molecule has 0 saturated carbocycles. The summed E-state index contributed by atoms with van der Waals surface area (Å²) in [6, 6.07) is 3.84. The molecule has 3 rings (SSSR count). The van der Waals surface area contributed by atoms with Crippen LogP contribution < -0.4 is 5.32 Å². The molecule has 0 bridgehead atoms. The van der Waals surface area contributed by atoms with Crippen LogP contribution in [0.3, 0.4) is 0 Å². The fourth-order valence-corrected chi connectivity index (χ4v) is 2.33. The molecule has 0 radical (unpaired) electrons. The normalized spacial score (nSPS) is 15.1. The number of ether oxygens (including phenoxy) is 2. The molecule has 2 aromatic rings. The molecule has 1 aliphatic heterocycles. The Morgan fingerprint density at radius 1 is 1.29 bits per heavy atom. The van der Waals surface area contributed by atoms with Crippen molar-refractivity contribution in [3.63, 3.8) is 0 Å². The Morgan fingerprint density at radius 2 is 2.07 bits per heavy atom. The Morgan fingerprint density at radius 3 is 2.68 bits per heavy atom. The molecule has 152 valence electrons. The number of rotatable bonds is 6. The summed E-state index contributed by atoms with van der Waals surface area (Å²) in [5.74, 6) is 1.06. The zero-order chi connectivity index (χ0) is 20.2. The van der Waals surface area contributed by atoms with Gasteiger partial charge in [-0.2, -0.15) is 4.98 Å². The number of carbonyl (C=O) groups excluding carboxylic acids is 1. The number of carbonyl (C=O) groups is 1. The molecule has 8 heteroatoms. The molecule has 8 nitrogen and oxygen atoms in total. The average molecular weight is 388 g/mol. The Balaban J connectivity index is 0.000000345. The van der Waals surface area contributed by atoms with Crippen LogP contribution in [0.5, 0.6) is 0 Å². The second-order valence-corrected chi connectivity index (χ2v) is 7.26. The summed E-state index contributed by atoms with van der Waals surface area (Å²) in [6.07, 6.45) is 9.53. The van der Waals surface area contributed by atoms with Crippen molar-refractivity contribution in [1.82, 2.24) is 20.4 Å². The molecule has 0 aliphatic carbocycles. The van der Waals surface area contributed by atoms with Crippen LogP contribution in [-0.2, 0) is 20.9 Å². The maximum absolute atomic E-state index is 9.60. The predicted molar refractivity (Wildman–Crippen MR) is 105 cm³/mol. The largest absolute Gasteiger partial charge is 0.462 e. The monoisotopic (exact) mass is 388 g/mol. The molecule has 28 heavy (non-hydrogen) atoms. The first-order valence-corrected chi connectivity index (χ1v) is 9.31. The van der Waals surface area contributed by atoms with Crippen LogP contribution in [0.25, 0.3) is 12.2 Å². The second kappa shape index (κ2) is 11.3. The summed E-state index contributed by atoms with van der Waals surface area (Å²) >= 11 is 0. The fraction of sp³-hybridized carbons (Fsp3) is 0.500. The van der Waals surface area contributed by atoms with Gasteiger partial charge in [-0.3, -0.25) is 9.78 Å². The van der Waals surface area contributed by atoms with Gasteiger partial charge in [0, 0.05) is 18.5 Å². The third kappa shape index (κ3) is 8.88. The highest BCUT2D eigenvalue weighted by Gasteiger charge is 2.14. The van der Waals surface area contributed by atoms with E-state index in [9.17, 15) is 4.79 Å². The van der Waals surface area contributed by atoms with Crippen molar-refractivity contribution in [2.75, 3.05) is 13.1 Å². The first-order valence-electron chi connectivity index (χ1n) is 9.31. The van der Waals surface area contributed by atoms with Crippen LogP contribution in [0.1, 0.15) is 50.9 Å². The topological polar surface area (TPSA) is 99.4 Å². The number of nitrogens with one attached hydrogen (secondary N) is 1. The quantitative estimate of drug-likeness (QED) is 0.754. The van der Waals surface area contributed by atoms with E-state index in [4.69, 9.17) is 9.26 Å². The molecule has 0 atom stereocenters. The molecule has 0 amide bonds. The number of hydrogen-bond acceptors (Lipinski definition) is 8. The summed E-state index contributed by atoms with van der Waals surface area (Å²) in [4.78, 5) is 17.9. The van der Waals surface area contributed by atoms with Gasteiger partial charge in [0.2, 0.25) is 0 Å². The van der Waals surface area contributed by atoms with Gasteiger partial charge in [0.1, 0.15) is 12.2 Å². The van der Waals surface area contributed by atoms with Gasteiger partial charge in [0.15, 0.2) is 5.82 Å². The number of aromatic nitrogens is 3. The van der Waals surface area contributed by atoms with Gasteiger partial charge in [0.25, 0.3) is 12.4 Å². The molecule has 3 heterocycles. The van der Waals surface area contributed by atoms with E-state index in [1.165, 1.54) is 0 Å². The van der Waals surface area contributed by atoms with E-state index >= 15 is 0 Å². The van der Waals surface area contributed by atoms with E-state index in [-0.39, 0.29) is 5.60 Å². The van der Waals surface area contributed by atoms with Crippen molar-refractivity contribution >= 4 is 18.6 Å². The number of hydrogen-bond donors (Lipinski definition) is 1. The van der Waals surface area contributed by atoms with Crippen molar-refractivity contribution in [2.24, 2.45) is 0 Å². The molecular weight excluding hydrogens is 360 g/mol. The smallest absolute Gasteiger partial charge is 0.293 e. The SMILES string of the molecule is C(=C\c1nc(COC2CCNCC2)no1)/c1cccnc1.CC(C)(C)OC=O. The van der Waals surface area contributed by atoms with Gasteiger partial charge in [0.05, 0.1) is 6.10 Å². The Labute approximate surface area is 165 Å². The Kier molecular flexibility index (Phi) is 8.77. The van der Waals surface area contributed by atoms with Crippen molar-refractivity contribution in [3.8, 4) is 0 Å². The van der Waals surface area contributed by atoms with E-state index < -0.39 is 0 Å². The summed E-state index contributed by atoms with van der Waals surface area (Å²) in [7, 11) is 0. The summed E-state index contributed by atoms with van der Waals surface area (Å²) < 4.78 is 15.5. The number of nitrogens with zero attached hydrogens (tertiary/aromatic N) is 3. The first kappa shape index (κ1) is 21.7. The highest BCUT2D eigenvalue weighted by atomic mass is 16.5. The highest BCUT2D eigenvalue weighted by Crippen LogP contribution is 2.11. The number of pyridine rings is 1. The molecule has 0 spiro atoms. The molecule has 0 aromatic carbocycles. The van der Waals surface area contributed by atoms with Crippen LogP contribution in [0, 0.1) is 0 Å². The van der Waals surface area contributed by atoms with Crippen molar-refractivity contribution in [1.29, 1.82) is 0 Å². The van der Waals surface area contributed by atoms with Gasteiger partial charge >= 0.3 is 0 Å². The average Bonchev–Trinajstić information content (AvgIpc) is 3.14. The van der Waals surface area contributed by atoms with E-state index in [2.05, 4.69) is 25.2 Å². The summed E-state index contributed by atoms with van der Waals surface area (Å²) in [6.45, 7) is 8.34. The predicted octanol–water partition coefficient (Wildman–Crippen LogP) is 2.86. The van der Waals surface area contributed by atoms with Gasteiger partial charge in [-0.05, 0) is 64.4 Å². The molecule has 1 N–H and O–H groups in total. The second-order valence-electron chi connectivity index (χ2n) is 7.26. The molecule has 1 fully saturated rings. The summed E-state index contributed by atoms with van der Waals surface area (Å²) in [5, 5.41) is 7.22. The van der Waals surface area contributed by atoms with Crippen LogP contribution in [0.15, 0.2) is 29.0 Å². The zero-order valence-electron chi connectivity index (χ0n) is 16.6. The maximum Gasteiger partial charge on any atom is 0.293 e. The van der Waals surface area contributed by atoms with Crippen molar-refractivity contribution in [3.05, 3.63) is 41.8 Å². The molecule has 1 aliphatic rings. The Bertz CT molecular complexity index is 719. The molecule has 0 unspecified atom stereocenters. The van der Waals surface area contributed by atoms with Gasteiger partial charge in [-0.1, -0.05) is 11.2 Å². The maximum atomic E-state index is 9.60. The van der Waals surface area contributed by atoms with Crippen LogP contribution in [-0.4, -0.2) is 46.4 Å². The van der Waals surface area contributed by atoms with Gasteiger partial charge in [-0.15, -0.1) is 0 Å². The number of piperidine rings is 1. The molecule has 1 saturated heterocycles. The minimum Gasteiger partial charge on any atom is -0.462 e. The molecule has 2 aromatic heterocycles. The van der Waals surface area contributed by atoms with Crippen molar-refractivity contribution < 1.29 is 18.8 Å². The third-order valence-corrected chi connectivity index (χ3v) is 3.72. The van der Waals surface area contributed by atoms with Gasteiger partial charge < -0.3 is 19.3 Å². The lowest BCUT2D eigenvalue weighted by molar-refractivity contribution is -0.138. The molecular formula is C20H28N4O4. The third-order valence-electron chi connectivity index (χ3n) is 3.72. The van der Waals surface area contributed by atoms with E-state index in [1.54, 1.807) is 18.5 Å². The van der Waals surface area contributed by atoms with E-state index in [1.807, 2.05) is 39.0 Å². The lowest BCUT2D eigenvalue weighted by Gasteiger charge is -2.22. The van der Waals surface area contributed by atoms with Gasteiger partial charge in [-0.25, -0.2) is 0 Å². The standard InChI is InChI=1S/C15H18N4O2.C5H10O2/c1-2-12(10-17-7-1)3-4-15-18-14(19-21-15)11-20-13-5-8-16-9-6-13;1-5(2,3)7-4-6/h1-4,7,10,13,16H,5-6,8-9,11H2;4H,1-3H3/b4-3+;. The highest BCUT2D eigenvalue weighted by molar-refractivity contribution is 5.65. The van der Waals surface area contributed by atoms with Crippen LogP contribution in [0.2, 0.25) is 0 Å². The lowest BCUT2D eigenvalue weighted by Crippen LogP contribution is -2.32. The van der Waals surface area contributed by atoms with Crippen molar-refractivity contribution in [2.45, 2.75) is 51.9 Å². The first-order chi connectivity index (χ1) is 13.5. The van der Waals surface area contributed by atoms with E-state index in [0.717, 1.165) is 31.5 Å². The van der Waals surface area contributed by atoms with Crippen LogP contribution >= 0.6 is 0 Å². The zero-order valence-corrected chi connectivity index (χ0v) is 16.6. The minimum absolute atomic E-state index is 0.291. The van der Waals surface area contributed by atoms with E-state index in [0.29, 0.717) is 30.9 Å². The fourth-order valence-electron chi connectivity index (χ4n) is 2.33.